The van der Waals surface area contributed by atoms with Crippen LogP contribution in [0, 0.1) is 11.8 Å². The first-order valence-electron chi connectivity index (χ1n) is 10.1. The van der Waals surface area contributed by atoms with E-state index in [-0.39, 0.29) is 29.9 Å². The number of ether oxygens (including phenoxy) is 1. The van der Waals surface area contributed by atoms with Crippen molar-refractivity contribution in [2.75, 3.05) is 13.7 Å². The summed E-state index contributed by atoms with van der Waals surface area (Å²) in [5, 5.41) is 15.4. The van der Waals surface area contributed by atoms with Gasteiger partial charge in [-0.3, -0.25) is 9.59 Å². The van der Waals surface area contributed by atoms with Crippen LogP contribution >= 0.6 is 0 Å². The van der Waals surface area contributed by atoms with Gasteiger partial charge < -0.3 is 20.5 Å². The number of carbonyl (C=O) groups excluding carboxylic acids is 2. The summed E-state index contributed by atoms with van der Waals surface area (Å²) in [6.45, 7) is 0.444. The summed E-state index contributed by atoms with van der Waals surface area (Å²) in [6, 6.07) is 13.6. The molecule has 3 N–H and O–H groups in total. The maximum absolute atomic E-state index is 13.0. The highest BCUT2D eigenvalue weighted by Gasteiger charge is 2.56. The van der Waals surface area contributed by atoms with Gasteiger partial charge in [0.2, 0.25) is 0 Å². The lowest BCUT2D eigenvalue weighted by atomic mass is 9.90. The third-order valence-corrected chi connectivity index (χ3v) is 6.54. The molecule has 2 aromatic carbocycles. The van der Waals surface area contributed by atoms with Crippen molar-refractivity contribution in [2.24, 2.45) is 11.8 Å². The molecule has 5 rings (SSSR count). The molecule has 150 valence electrons. The van der Waals surface area contributed by atoms with Crippen molar-refractivity contribution < 1.29 is 19.4 Å². The summed E-state index contributed by atoms with van der Waals surface area (Å²) < 4.78 is 5.90. The Bertz CT molecular complexity index is 962. The molecule has 2 aliphatic carbocycles. The molecule has 2 unspecified atom stereocenters. The van der Waals surface area contributed by atoms with Crippen LogP contribution in [0.25, 0.3) is 0 Å². The zero-order chi connectivity index (χ0) is 20.1. The molecule has 0 bridgehead atoms. The first-order valence-corrected chi connectivity index (χ1v) is 10.1. The van der Waals surface area contributed by atoms with Gasteiger partial charge in [-0.15, -0.1) is 0 Å². The number of benzene rings is 2. The van der Waals surface area contributed by atoms with Crippen molar-refractivity contribution >= 4 is 11.8 Å². The molecule has 6 nitrogen and oxygen atoms in total. The van der Waals surface area contributed by atoms with Crippen LogP contribution in [0.5, 0.6) is 5.75 Å². The van der Waals surface area contributed by atoms with Crippen LogP contribution in [-0.2, 0) is 0 Å². The fourth-order valence-corrected chi connectivity index (χ4v) is 4.98. The van der Waals surface area contributed by atoms with Gasteiger partial charge in [0.05, 0.1) is 18.3 Å². The van der Waals surface area contributed by atoms with Crippen LogP contribution in [-0.4, -0.2) is 42.7 Å². The summed E-state index contributed by atoms with van der Waals surface area (Å²) in [4.78, 5) is 25.4. The number of hydrogen-bond donors (Lipinski definition) is 3. The van der Waals surface area contributed by atoms with E-state index in [4.69, 9.17) is 4.74 Å². The molecule has 1 heterocycles. The van der Waals surface area contributed by atoms with Gasteiger partial charge in [-0.25, -0.2) is 0 Å². The van der Waals surface area contributed by atoms with E-state index in [9.17, 15) is 14.7 Å². The Morgan fingerprint density at radius 1 is 1.07 bits per heavy atom. The molecule has 0 aromatic heterocycles. The molecule has 0 spiro atoms. The van der Waals surface area contributed by atoms with Crippen LogP contribution < -0.4 is 15.4 Å². The van der Waals surface area contributed by atoms with Gasteiger partial charge in [-0.05, 0) is 42.4 Å². The fraction of sp³-hybridized carbons (Fsp3) is 0.391. The highest BCUT2D eigenvalue weighted by atomic mass is 16.5. The Hall–Kier alpha value is -2.86. The highest BCUT2D eigenvalue weighted by molar-refractivity contribution is 6.02. The van der Waals surface area contributed by atoms with Gasteiger partial charge in [0, 0.05) is 30.1 Å². The van der Waals surface area contributed by atoms with E-state index in [2.05, 4.69) is 10.6 Å². The molecule has 1 aliphatic heterocycles. The van der Waals surface area contributed by atoms with Crippen molar-refractivity contribution in [3.8, 4) is 5.75 Å². The number of nitrogens with one attached hydrogen (secondary N) is 2. The lowest BCUT2D eigenvalue weighted by molar-refractivity contribution is 0.0937. The maximum Gasteiger partial charge on any atom is 0.254 e. The quantitative estimate of drug-likeness (QED) is 0.743. The molecule has 2 saturated carbocycles. The number of aliphatic hydroxyl groups is 1. The Morgan fingerprint density at radius 3 is 2.48 bits per heavy atom. The van der Waals surface area contributed by atoms with Crippen LogP contribution in [0.1, 0.15) is 50.6 Å². The lowest BCUT2D eigenvalue weighted by Gasteiger charge is -2.14. The third-order valence-electron chi connectivity index (χ3n) is 6.54. The van der Waals surface area contributed by atoms with Gasteiger partial charge in [-0.2, -0.15) is 0 Å². The van der Waals surface area contributed by atoms with Gasteiger partial charge in [0.25, 0.3) is 11.8 Å². The molecule has 0 radical (unpaired) electrons. The second kappa shape index (κ2) is 6.88. The SMILES string of the molecule is CNC(=O)c1cc(C(=O)NC2[C@H]3CC(O)C[C@@H]23)cc2c1OC[C@H]2c1ccccc1. The number of amides is 2. The van der Waals surface area contributed by atoms with E-state index < -0.39 is 0 Å². The molecule has 0 saturated heterocycles. The van der Waals surface area contributed by atoms with E-state index in [1.54, 1.807) is 13.1 Å². The molecule has 3 aliphatic rings. The summed E-state index contributed by atoms with van der Waals surface area (Å²) in [6.07, 6.45) is 1.28. The minimum atomic E-state index is -0.268. The second-order valence-electron chi connectivity index (χ2n) is 8.25. The predicted molar refractivity (Wildman–Crippen MR) is 107 cm³/mol. The Labute approximate surface area is 169 Å². The number of aliphatic hydroxyl groups excluding tert-OH is 1. The van der Waals surface area contributed by atoms with Crippen molar-refractivity contribution in [1.29, 1.82) is 0 Å². The van der Waals surface area contributed by atoms with Crippen molar-refractivity contribution in [3.05, 3.63) is 64.7 Å². The molecular formula is C23H24N2O4. The van der Waals surface area contributed by atoms with Gasteiger partial charge in [-0.1, -0.05) is 30.3 Å². The predicted octanol–water partition coefficient (Wildman–Crippen LogP) is 2.07. The maximum atomic E-state index is 13.0. The van der Waals surface area contributed by atoms with Crippen molar-refractivity contribution in [1.82, 2.24) is 10.6 Å². The number of fused-ring (bicyclic) bond motifs is 2. The second-order valence-corrected chi connectivity index (χ2v) is 8.25. The van der Waals surface area contributed by atoms with Crippen molar-refractivity contribution in [3.63, 3.8) is 0 Å². The fourth-order valence-electron chi connectivity index (χ4n) is 4.98. The van der Waals surface area contributed by atoms with Crippen LogP contribution in [0.3, 0.4) is 0 Å². The molecule has 2 fully saturated rings. The van der Waals surface area contributed by atoms with E-state index in [0.717, 1.165) is 24.0 Å². The molecule has 6 heteroatoms. The first-order chi connectivity index (χ1) is 14.1. The summed E-state index contributed by atoms with van der Waals surface area (Å²) in [7, 11) is 1.57. The van der Waals surface area contributed by atoms with E-state index in [1.165, 1.54) is 0 Å². The van der Waals surface area contributed by atoms with E-state index in [0.29, 0.717) is 35.3 Å². The zero-order valence-corrected chi connectivity index (χ0v) is 16.2. The lowest BCUT2D eigenvalue weighted by Crippen LogP contribution is -2.30. The molecular weight excluding hydrogens is 368 g/mol. The Kier molecular flexibility index (Phi) is 4.32. The van der Waals surface area contributed by atoms with E-state index >= 15 is 0 Å². The minimum absolute atomic E-state index is 0.0159. The van der Waals surface area contributed by atoms with Gasteiger partial charge in [0.1, 0.15) is 5.75 Å². The smallest absolute Gasteiger partial charge is 0.254 e. The van der Waals surface area contributed by atoms with E-state index in [1.807, 2.05) is 36.4 Å². The average molecular weight is 392 g/mol. The molecule has 5 atom stereocenters. The Balaban J connectivity index is 1.47. The Morgan fingerprint density at radius 2 is 1.79 bits per heavy atom. The zero-order valence-electron chi connectivity index (χ0n) is 16.2. The number of rotatable bonds is 4. The van der Waals surface area contributed by atoms with Crippen LogP contribution in [0.2, 0.25) is 0 Å². The summed E-state index contributed by atoms with van der Waals surface area (Å²) in [5.41, 5.74) is 2.82. The number of hydrogen-bond acceptors (Lipinski definition) is 4. The number of carbonyl (C=O) groups is 2. The topological polar surface area (TPSA) is 87.7 Å². The third kappa shape index (κ3) is 3.08. The van der Waals surface area contributed by atoms with Crippen molar-refractivity contribution in [2.45, 2.75) is 30.9 Å². The average Bonchev–Trinajstić information content (AvgIpc) is 3.09. The molecule has 29 heavy (non-hydrogen) atoms. The van der Waals surface area contributed by atoms with Gasteiger partial charge >= 0.3 is 0 Å². The normalized spacial score (nSPS) is 28.8. The minimum Gasteiger partial charge on any atom is -0.491 e. The first kappa shape index (κ1) is 18.2. The standard InChI is InChI=1S/C23H24N2O4/c1-24-23(28)18-8-13(22(27)25-20-15-9-14(26)10-16(15)20)7-17-19(11-29-21(17)18)12-5-3-2-4-6-12/h2-8,14-16,19-20,26H,9-11H2,1H3,(H,24,28)(H,25,27)/t14?,15-,16+,19-,20?/m0/s1. The van der Waals surface area contributed by atoms with Crippen LogP contribution in [0.4, 0.5) is 0 Å². The highest BCUT2D eigenvalue weighted by Crippen LogP contribution is 2.52. The molecule has 2 amide bonds. The monoisotopic (exact) mass is 392 g/mol. The largest absolute Gasteiger partial charge is 0.491 e. The van der Waals surface area contributed by atoms with Gasteiger partial charge in [0.15, 0.2) is 0 Å². The molecule has 2 aromatic rings. The summed E-state index contributed by atoms with van der Waals surface area (Å²) >= 11 is 0. The van der Waals surface area contributed by atoms with Crippen LogP contribution in [0.15, 0.2) is 42.5 Å². The summed E-state index contributed by atoms with van der Waals surface area (Å²) in [5.74, 6) is 0.852.